The van der Waals surface area contributed by atoms with Crippen molar-refractivity contribution in [2.45, 2.75) is 97.9 Å². The van der Waals surface area contributed by atoms with Crippen LogP contribution in [0.2, 0.25) is 0 Å². The third kappa shape index (κ3) is 8.47. The third-order valence-corrected chi connectivity index (χ3v) is 7.13. The minimum absolute atomic E-state index is 0.110. The lowest BCUT2D eigenvalue weighted by Crippen LogP contribution is -2.55. The summed E-state index contributed by atoms with van der Waals surface area (Å²) in [5.41, 5.74) is 2.70. The number of alkyl carbamates (subject to hydrolysis) is 1. The van der Waals surface area contributed by atoms with Gasteiger partial charge in [0.1, 0.15) is 23.4 Å². The van der Waals surface area contributed by atoms with Gasteiger partial charge in [-0.3, -0.25) is 9.59 Å². The van der Waals surface area contributed by atoms with Crippen LogP contribution in [0, 0.1) is 19.8 Å². The molecule has 0 saturated heterocycles. The summed E-state index contributed by atoms with van der Waals surface area (Å²) in [4.78, 5) is 43.0. The van der Waals surface area contributed by atoms with Crippen LogP contribution in [0.3, 0.4) is 0 Å². The van der Waals surface area contributed by atoms with E-state index in [1.165, 1.54) is 0 Å². The SMILES string of the molecule is CCCCNC(=O)C(c1cc(C)ccc1C)N(C(=O)C(Cc1ccc(O)cc1)NC(=O)OC(C)(C)C)C1CC1C. The van der Waals surface area contributed by atoms with E-state index >= 15 is 0 Å². The Morgan fingerprint density at radius 3 is 2.33 bits per heavy atom. The smallest absolute Gasteiger partial charge is 0.408 e. The Bertz CT molecular complexity index is 1190. The highest BCUT2D eigenvalue weighted by Crippen LogP contribution is 2.41. The van der Waals surface area contributed by atoms with Crippen molar-refractivity contribution in [3.8, 4) is 5.75 Å². The zero-order valence-electron chi connectivity index (χ0n) is 24.9. The quantitative estimate of drug-likeness (QED) is 0.327. The second-order valence-corrected chi connectivity index (χ2v) is 12.0. The van der Waals surface area contributed by atoms with Crippen molar-refractivity contribution in [1.82, 2.24) is 15.5 Å². The van der Waals surface area contributed by atoms with Crippen molar-refractivity contribution < 1.29 is 24.2 Å². The van der Waals surface area contributed by atoms with Gasteiger partial charge in [-0.15, -0.1) is 0 Å². The average Bonchev–Trinajstić information content (AvgIpc) is 3.59. The molecule has 0 aliphatic heterocycles. The summed E-state index contributed by atoms with van der Waals surface area (Å²) >= 11 is 0. The summed E-state index contributed by atoms with van der Waals surface area (Å²) in [6.07, 6.45) is 2.01. The summed E-state index contributed by atoms with van der Waals surface area (Å²) < 4.78 is 5.50. The summed E-state index contributed by atoms with van der Waals surface area (Å²) in [5, 5.41) is 15.6. The number of phenols is 1. The molecule has 1 fully saturated rings. The van der Waals surface area contributed by atoms with Crippen molar-refractivity contribution in [2.75, 3.05) is 6.54 Å². The van der Waals surface area contributed by atoms with Crippen LogP contribution in [0.1, 0.15) is 82.2 Å². The van der Waals surface area contributed by atoms with E-state index in [0.29, 0.717) is 6.54 Å². The molecular formula is C32H45N3O5. The molecule has 3 amide bonds. The molecule has 1 aliphatic rings. The van der Waals surface area contributed by atoms with Crippen LogP contribution in [0.25, 0.3) is 0 Å². The summed E-state index contributed by atoms with van der Waals surface area (Å²) in [5.74, 6) is -0.241. The van der Waals surface area contributed by atoms with E-state index in [9.17, 15) is 19.5 Å². The number of aryl methyl sites for hydroxylation is 2. The van der Waals surface area contributed by atoms with Gasteiger partial charge in [0.25, 0.3) is 0 Å². The molecule has 3 N–H and O–H groups in total. The molecule has 4 unspecified atom stereocenters. The number of benzene rings is 2. The van der Waals surface area contributed by atoms with Gasteiger partial charge in [0.15, 0.2) is 0 Å². The molecule has 218 valence electrons. The molecule has 0 aromatic heterocycles. The number of nitrogens with one attached hydrogen (secondary N) is 2. The van der Waals surface area contributed by atoms with E-state index in [4.69, 9.17) is 4.74 Å². The zero-order chi connectivity index (χ0) is 29.6. The Morgan fingerprint density at radius 2 is 1.75 bits per heavy atom. The second kappa shape index (κ2) is 13.2. The largest absolute Gasteiger partial charge is 0.508 e. The third-order valence-electron chi connectivity index (χ3n) is 7.13. The van der Waals surface area contributed by atoms with Crippen molar-refractivity contribution in [1.29, 1.82) is 0 Å². The van der Waals surface area contributed by atoms with Gasteiger partial charge in [-0.25, -0.2) is 4.79 Å². The average molecular weight is 552 g/mol. The standard InChI is InChI=1S/C32H45N3O5/c1-8-9-16-33-29(37)28(25-17-20(2)10-11-21(25)3)35(27-18-22(27)4)30(38)26(34-31(39)40-32(5,6)7)19-23-12-14-24(36)15-13-23/h10-15,17,22,26-28,36H,8-9,16,18-19H2,1-7H3,(H,33,37)(H,34,39). The lowest BCUT2D eigenvalue weighted by Gasteiger charge is -2.36. The van der Waals surface area contributed by atoms with Crippen LogP contribution < -0.4 is 10.6 Å². The Labute approximate surface area is 238 Å². The fourth-order valence-electron chi connectivity index (χ4n) is 4.83. The van der Waals surface area contributed by atoms with Crippen LogP contribution in [0.4, 0.5) is 4.79 Å². The number of phenolic OH excluding ortho intramolecular Hbond substituents is 1. The number of aromatic hydroxyl groups is 1. The van der Waals surface area contributed by atoms with Gasteiger partial charge < -0.3 is 25.4 Å². The van der Waals surface area contributed by atoms with E-state index in [1.54, 1.807) is 49.9 Å². The topological polar surface area (TPSA) is 108 Å². The Kier molecular flexibility index (Phi) is 10.2. The van der Waals surface area contributed by atoms with Crippen LogP contribution in [0.15, 0.2) is 42.5 Å². The fourth-order valence-corrected chi connectivity index (χ4v) is 4.83. The number of nitrogens with zero attached hydrogens (tertiary/aromatic N) is 1. The Morgan fingerprint density at radius 1 is 1.10 bits per heavy atom. The number of unbranched alkanes of at least 4 members (excludes halogenated alkanes) is 1. The highest BCUT2D eigenvalue weighted by molar-refractivity contribution is 5.93. The molecule has 1 saturated carbocycles. The molecule has 1 aliphatic carbocycles. The zero-order valence-corrected chi connectivity index (χ0v) is 24.9. The fraction of sp³-hybridized carbons (Fsp3) is 0.531. The molecule has 0 bridgehead atoms. The molecule has 3 rings (SSSR count). The molecule has 0 heterocycles. The Hall–Kier alpha value is -3.55. The first-order valence-corrected chi connectivity index (χ1v) is 14.2. The molecule has 4 atom stereocenters. The highest BCUT2D eigenvalue weighted by Gasteiger charge is 2.48. The van der Waals surface area contributed by atoms with Crippen molar-refractivity contribution in [2.24, 2.45) is 5.92 Å². The number of rotatable bonds is 11. The van der Waals surface area contributed by atoms with E-state index < -0.39 is 23.8 Å². The Balaban J connectivity index is 2.06. The number of amides is 3. The first kappa shape index (κ1) is 31.0. The van der Waals surface area contributed by atoms with Crippen LogP contribution in [-0.4, -0.2) is 52.1 Å². The van der Waals surface area contributed by atoms with E-state index in [1.807, 2.05) is 32.0 Å². The van der Waals surface area contributed by atoms with Gasteiger partial charge in [-0.1, -0.05) is 56.2 Å². The van der Waals surface area contributed by atoms with Gasteiger partial charge in [-0.05, 0) is 82.2 Å². The van der Waals surface area contributed by atoms with Gasteiger partial charge >= 0.3 is 6.09 Å². The maximum absolute atomic E-state index is 14.5. The number of carbonyl (C=O) groups excluding carboxylic acids is 3. The number of ether oxygens (including phenoxy) is 1. The molecular weight excluding hydrogens is 506 g/mol. The number of carbonyl (C=O) groups is 3. The summed E-state index contributed by atoms with van der Waals surface area (Å²) in [6.45, 7) is 13.9. The van der Waals surface area contributed by atoms with E-state index in [0.717, 1.165) is 41.5 Å². The van der Waals surface area contributed by atoms with Crippen molar-refractivity contribution >= 4 is 17.9 Å². The molecule has 40 heavy (non-hydrogen) atoms. The van der Waals surface area contributed by atoms with E-state index in [2.05, 4.69) is 24.5 Å². The van der Waals surface area contributed by atoms with Gasteiger partial charge in [0.05, 0.1) is 0 Å². The predicted molar refractivity (Wildman–Crippen MR) is 156 cm³/mol. The highest BCUT2D eigenvalue weighted by atomic mass is 16.6. The second-order valence-electron chi connectivity index (χ2n) is 12.0. The summed E-state index contributed by atoms with van der Waals surface area (Å²) in [7, 11) is 0. The van der Waals surface area contributed by atoms with Gasteiger partial charge in [-0.2, -0.15) is 0 Å². The van der Waals surface area contributed by atoms with Crippen LogP contribution >= 0.6 is 0 Å². The maximum Gasteiger partial charge on any atom is 0.408 e. The monoisotopic (exact) mass is 551 g/mol. The first-order valence-electron chi connectivity index (χ1n) is 14.2. The number of hydrogen-bond acceptors (Lipinski definition) is 5. The molecule has 8 nitrogen and oxygen atoms in total. The molecule has 0 spiro atoms. The first-order chi connectivity index (χ1) is 18.8. The summed E-state index contributed by atoms with van der Waals surface area (Å²) in [6, 6.07) is 10.5. The van der Waals surface area contributed by atoms with Crippen molar-refractivity contribution in [3.63, 3.8) is 0 Å². The maximum atomic E-state index is 14.5. The molecule has 0 radical (unpaired) electrons. The van der Waals surface area contributed by atoms with Gasteiger partial charge in [0, 0.05) is 19.0 Å². The number of hydrogen-bond donors (Lipinski definition) is 3. The van der Waals surface area contributed by atoms with Crippen LogP contribution in [-0.2, 0) is 20.7 Å². The van der Waals surface area contributed by atoms with Gasteiger partial charge in [0.2, 0.25) is 11.8 Å². The molecule has 2 aromatic carbocycles. The van der Waals surface area contributed by atoms with Crippen molar-refractivity contribution in [3.05, 3.63) is 64.7 Å². The van der Waals surface area contributed by atoms with Crippen LogP contribution in [0.5, 0.6) is 5.75 Å². The lowest BCUT2D eigenvalue weighted by atomic mass is 9.95. The molecule has 8 heteroatoms. The van der Waals surface area contributed by atoms with E-state index in [-0.39, 0.29) is 35.9 Å². The normalized spacial score (nSPS) is 17.9. The lowest BCUT2D eigenvalue weighted by molar-refractivity contribution is -0.143. The minimum atomic E-state index is -0.983. The minimum Gasteiger partial charge on any atom is -0.508 e. The predicted octanol–water partition coefficient (Wildman–Crippen LogP) is 5.34. The molecule has 2 aromatic rings.